The van der Waals surface area contributed by atoms with Gasteiger partial charge in [-0.15, -0.1) is 0 Å². The molecule has 88 valence electrons. The first-order valence-electron chi connectivity index (χ1n) is 5.32. The number of nitrogens with one attached hydrogen (secondary N) is 1. The lowest BCUT2D eigenvalue weighted by Crippen LogP contribution is -2.36. The van der Waals surface area contributed by atoms with E-state index < -0.39 is 6.10 Å². The van der Waals surface area contributed by atoms with Crippen molar-refractivity contribution in [2.45, 2.75) is 26.6 Å². The highest BCUT2D eigenvalue weighted by Crippen LogP contribution is 2.19. The van der Waals surface area contributed by atoms with Crippen LogP contribution >= 0.6 is 0 Å². The fourth-order valence-electron chi connectivity index (χ4n) is 1.31. The standard InChI is InChI=1S/C12H17NO3/c1-3-13-12(15)9(2)16-11-7-5-4-6-10(11)8-14/h4-7,9,14H,3,8H2,1-2H3,(H,13,15). The van der Waals surface area contributed by atoms with E-state index in [1.54, 1.807) is 25.1 Å². The number of aliphatic hydroxyl groups is 1. The Labute approximate surface area is 95.2 Å². The predicted octanol–water partition coefficient (Wildman–Crippen LogP) is 1.08. The molecule has 0 aliphatic heterocycles. The maximum absolute atomic E-state index is 11.4. The molecular formula is C12H17NO3. The van der Waals surface area contributed by atoms with E-state index in [4.69, 9.17) is 9.84 Å². The van der Waals surface area contributed by atoms with Crippen LogP contribution in [0.1, 0.15) is 19.4 Å². The van der Waals surface area contributed by atoms with E-state index in [9.17, 15) is 4.79 Å². The van der Waals surface area contributed by atoms with Crippen LogP contribution in [0.3, 0.4) is 0 Å². The summed E-state index contributed by atoms with van der Waals surface area (Å²) in [6, 6.07) is 7.12. The van der Waals surface area contributed by atoms with E-state index in [0.29, 0.717) is 17.9 Å². The van der Waals surface area contributed by atoms with Gasteiger partial charge in [0.1, 0.15) is 5.75 Å². The number of benzene rings is 1. The van der Waals surface area contributed by atoms with E-state index in [1.807, 2.05) is 13.0 Å². The first-order chi connectivity index (χ1) is 7.69. The third-order valence-corrected chi connectivity index (χ3v) is 2.17. The van der Waals surface area contributed by atoms with E-state index >= 15 is 0 Å². The van der Waals surface area contributed by atoms with E-state index in [-0.39, 0.29) is 12.5 Å². The molecule has 0 fully saturated rings. The van der Waals surface area contributed by atoms with Gasteiger partial charge in [0.05, 0.1) is 6.61 Å². The second-order valence-electron chi connectivity index (χ2n) is 3.42. The van der Waals surface area contributed by atoms with Crippen molar-refractivity contribution in [1.82, 2.24) is 5.32 Å². The maximum atomic E-state index is 11.4. The quantitative estimate of drug-likeness (QED) is 0.785. The summed E-state index contributed by atoms with van der Waals surface area (Å²) in [7, 11) is 0. The van der Waals surface area contributed by atoms with Gasteiger partial charge in [-0.25, -0.2) is 0 Å². The molecule has 1 unspecified atom stereocenters. The van der Waals surface area contributed by atoms with Crippen molar-refractivity contribution in [3.63, 3.8) is 0 Å². The van der Waals surface area contributed by atoms with Crippen molar-refractivity contribution >= 4 is 5.91 Å². The van der Waals surface area contributed by atoms with Gasteiger partial charge in [0.25, 0.3) is 5.91 Å². The summed E-state index contributed by atoms with van der Waals surface area (Å²) >= 11 is 0. The number of carbonyl (C=O) groups excluding carboxylic acids is 1. The minimum Gasteiger partial charge on any atom is -0.481 e. The van der Waals surface area contributed by atoms with Gasteiger partial charge < -0.3 is 15.2 Å². The van der Waals surface area contributed by atoms with Crippen LogP contribution in [0.5, 0.6) is 5.75 Å². The molecule has 16 heavy (non-hydrogen) atoms. The Bertz CT molecular complexity index is 352. The van der Waals surface area contributed by atoms with Crippen molar-refractivity contribution in [2.24, 2.45) is 0 Å². The molecule has 1 rings (SSSR count). The van der Waals surface area contributed by atoms with Gasteiger partial charge in [-0.2, -0.15) is 0 Å². The van der Waals surface area contributed by atoms with Gasteiger partial charge in [0.2, 0.25) is 0 Å². The van der Waals surface area contributed by atoms with Crippen LogP contribution in [-0.4, -0.2) is 23.7 Å². The molecule has 0 bridgehead atoms. The average molecular weight is 223 g/mol. The number of likely N-dealkylation sites (N-methyl/N-ethyl adjacent to an activating group) is 1. The van der Waals surface area contributed by atoms with Crippen molar-refractivity contribution in [3.8, 4) is 5.75 Å². The molecule has 4 nitrogen and oxygen atoms in total. The number of ether oxygens (including phenoxy) is 1. The second-order valence-corrected chi connectivity index (χ2v) is 3.42. The Morgan fingerprint density at radius 2 is 2.19 bits per heavy atom. The van der Waals surface area contributed by atoms with Crippen LogP contribution in [-0.2, 0) is 11.4 Å². The first-order valence-corrected chi connectivity index (χ1v) is 5.32. The third-order valence-electron chi connectivity index (χ3n) is 2.17. The van der Waals surface area contributed by atoms with Crippen LogP contribution in [0.25, 0.3) is 0 Å². The third kappa shape index (κ3) is 3.24. The van der Waals surface area contributed by atoms with Crippen molar-refractivity contribution in [3.05, 3.63) is 29.8 Å². The fourth-order valence-corrected chi connectivity index (χ4v) is 1.31. The minimum atomic E-state index is -0.562. The molecule has 0 aliphatic rings. The lowest BCUT2D eigenvalue weighted by molar-refractivity contribution is -0.127. The highest BCUT2D eigenvalue weighted by Gasteiger charge is 2.14. The number of amides is 1. The van der Waals surface area contributed by atoms with Crippen LogP contribution in [0.15, 0.2) is 24.3 Å². The van der Waals surface area contributed by atoms with Crippen LogP contribution in [0.4, 0.5) is 0 Å². The van der Waals surface area contributed by atoms with E-state index in [0.717, 1.165) is 0 Å². The number of rotatable bonds is 5. The minimum absolute atomic E-state index is 0.0989. The van der Waals surface area contributed by atoms with Crippen LogP contribution in [0.2, 0.25) is 0 Å². The Kier molecular flexibility index (Phi) is 4.79. The summed E-state index contributed by atoms with van der Waals surface area (Å²) in [6.07, 6.45) is -0.562. The summed E-state index contributed by atoms with van der Waals surface area (Å²) in [4.78, 5) is 11.4. The van der Waals surface area contributed by atoms with Gasteiger partial charge in [-0.3, -0.25) is 4.79 Å². The Morgan fingerprint density at radius 1 is 1.50 bits per heavy atom. The summed E-state index contributed by atoms with van der Waals surface area (Å²) in [5, 5.41) is 11.8. The normalized spacial score (nSPS) is 11.9. The lowest BCUT2D eigenvalue weighted by atomic mass is 10.2. The molecule has 0 aliphatic carbocycles. The number of carbonyl (C=O) groups is 1. The number of para-hydroxylation sites is 1. The number of hydrogen-bond acceptors (Lipinski definition) is 3. The van der Waals surface area contributed by atoms with Crippen molar-refractivity contribution in [1.29, 1.82) is 0 Å². The SMILES string of the molecule is CCNC(=O)C(C)Oc1ccccc1CO. The molecule has 2 N–H and O–H groups in total. The van der Waals surface area contributed by atoms with Gasteiger partial charge in [-0.1, -0.05) is 18.2 Å². The zero-order valence-corrected chi connectivity index (χ0v) is 9.56. The van der Waals surface area contributed by atoms with Gasteiger partial charge in [0.15, 0.2) is 6.10 Å². The smallest absolute Gasteiger partial charge is 0.260 e. The number of aliphatic hydroxyl groups excluding tert-OH is 1. The fraction of sp³-hybridized carbons (Fsp3) is 0.417. The largest absolute Gasteiger partial charge is 0.481 e. The summed E-state index contributed by atoms with van der Waals surface area (Å²) in [5.41, 5.74) is 0.679. The van der Waals surface area contributed by atoms with Crippen LogP contribution < -0.4 is 10.1 Å². The molecule has 0 spiro atoms. The highest BCUT2D eigenvalue weighted by molar-refractivity contribution is 5.80. The molecule has 4 heteroatoms. The molecule has 1 aromatic carbocycles. The Morgan fingerprint density at radius 3 is 2.81 bits per heavy atom. The van der Waals surface area contributed by atoms with Gasteiger partial charge in [0, 0.05) is 12.1 Å². The molecule has 0 radical (unpaired) electrons. The molecule has 0 saturated heterocycles. The zero-order chi connectivity index (χ0) is 12.0. The van der Waals surface area contributed by atoms with E-state index in [1.165, 1.54) is 0 Å². The summed E-state index contributed by atoms with van der Waals surface area (Å²) in [6.45, 7) is 4.01. The Hall–Kier alpha value is -1.55. The maximum Gasteiger partial charge on any atom is 0.260 e. The number of hydrogen-bond donors (Lipinski definition) is 2. The Balaban J connectivity index is 2.68. The summed E-state index contributed by atoms with van der Waals surface area (Å²) < 4.78 is 5.48. The summed E-state index contributed by atoms with van der Waals surface area (Å²) in [5.74, 6) is 0.388. The molecule has 1 aromatic rings. The van der Waals surface area contributed by atoms with Gasteiger partial charge >= 0.3 is 0 Å². The lowest BCUT2D eigenvalue weighted by Gasteiger charge is -2.15. The van der Waals surface area contributed by atoms with Gasteiger partial charge in [-0.05, 0) is 19.9 Å². The highest BCUT2D eigenvalue weighted by atomic mass is 16.5. The molecule has 0 aromatic heterocycles. The zero-order valence-electron chi connectivity index (χ0n) is 9.56. The molecule has 0 heterocycles. The molecular weight excluding hydrogens is 206 g/mol. The second kappa shape index (κ2) is 6.12. The topological polar surface area (TPSA) is 58.6 Å². The van der Waals surface area contributed by atoms with Crippen LogP contribution in [0, 0.1) is 0 Å². The molecule has 1 amide bonds. The van der Waals surface area contributed by atoms with E-state index in [2.05, 4.69) is 5.32 Å². The first kappa shape index (κ1) is 12.5. The predicted molar refractivity (Wildman–Crippen MR) is 61.1 cm³/mol. The molecule has 0 saturated carbocycles. The van der Waals surface area contributed by atoms with Crippen molar-refractivity contribution in [2.75, 3.05) is 6.54 Å². The molecule has 1 atom stereocenters. The van der Waals surface area contributed by atoms with Crippen molar-refractivity contribution < 1.29 is 14.6 Å². The monoisotopic (exact) mass is 223 g/mol. The average Bonchev–Trinajstić information content (AvgIpc) is 2.30.